The number of imidazole rings is 1. The van der Waals surface area contributed by atoms with Crippen molar-refractivity contribution in [2.45, 2.75) is 115 Å². The summed E-state index contributed by atoms with van der Waals surface area (Å²) in [5.41, 5.74) is 3.39. The highest BCUT2D eigenvalue weighted by Crippen LogP contribution is 2.57. The number of halogens is 2. The second-order valence-corrected chi connectivity index (χ2v) is 21.4. The molecule has 3 fully saturated rings. The van der Waals surface area contributed by atoms with Crippen molar-refractivity contribution in [1.82, 2.24) is 53.6 Å². The summed E-state index contributed by atoms with van der Waals surface area (Å²) in [5.74, 6) is -0.899. The molecular weight excluding hydrogens is 909 g/mol. The van der Waals surface area contributed by atoms with Crippen LogP contribution in [-0.4, -0.2) is 86.1 Å². The van der Waals surface area contributed by atoms with Crippen LogP contribution in [0.25, 0.3) is 39.0 Å². The third-order valence-corrected chi connectivity index (χ3v) is 16.5. The molecule has 2 aliphatic carbocycles. The number of nitrogens with one attached hydrogen (secondary N) is 2. The molecule has 2 saturated carbocycles. The smallest absolute Gasteiger partial charge is 0.376 e. The van der Waals surface area contributed by atoms with Crippen molar-refractivity contribution in [3.05, 3.63) is 139 Å². The summed E-state index contributed by atoms with van der Waals surface area (Å²) >= 11 is 0. The predicted octanol–water partition coefficient (Wildman–Crippen LogP) is 7.91. The molecule has 6 atom stereocenters. The number of aromatic nitrogens is 9. The molecule has 0 radical (unpaired) electrons. The van der Waals surface area contributed by atoms with Crippen LogP contribution in [0.5, 0.6) is 0 Å². The van der Waals surface area contributed by atoms with Crippen LogP contribution in [0.15, 0.2) is 81.2 Å². The van der Waals surface area contributed by atoms with Crippen LogP contribution in [0.3, 0.4) is 0 Å². The average molecular weight is 966 g/mol. The summed E-state index contributed by atoms with van der Waals surface area (Å²) < 4.78 is 51.1. The summed E-state index contributed by atoms with van der Waals surface area (Å²) in [6.45, 7) is 12.6. The zero-order valence-corrected chi connectivity index (χ0v) is 41.1. The number of nitrogens with zero attached hydrogens (tertiary/aromatic N) is 9. The van der Waals surface area contributed by atoms with Crippen molar-refractivity contribution >= 4 is 27.7 Å². The second kappa shape index (κ2) is 15.8. The number of rotatable bonds is 8. The number of benzene rings is 3. The monoisotopic (exact) mass is 965 g/mol. The van der Waals surface area contributed by atoms with Crippen molar-refractivity contribution in [2.75, 3.05) is 20.2 Å². The van der Waals surface area contributed by atoms with Gasteiger partial charge in [0.2, 0.25) is 0 Å². The van der Waals surface area contributed by atoms with Crippen molar-refractivity contribution in [3.63, 3.8) is 0 Å². The molecule has 71 heavy (non-hydrogen) atoms. The van der Waals surface area contributed by atoms with Crippen molar-refractivity contribution in [3.8, 4) is 17.2 Å². The first-order valence-electron chi connectivity index (χ1n) is 24.6. The Morgan fingerprint density at radius 2 is 1.68 bits per heavy atom. The maximum absolute atomic E-state index is 16.4. The fourth-order valence-corrected chi connectivity index (χ4v) is 12.7. The Morgan fingerprint density at radius 1 is 0.930 bits per heavy atom. The van der Waals surface area contributed by atoms with Crippen molar-refractivity contribution in [1.29, 1.82) is 0 Å². The molecule has 1 amide bonds. The Morgan fingerprint density at radius 3 is 2.37 bits per heavy atom. The number of amides is 1. The number of carbonyl (C=O) groups is 1. The number of hydrogen-bond acceptors (Lipinski definition) is 9. The molecule has 368 valence electrons. The summed E-state index contributed by atoms with van der Waals surface area (Å²) in [5, 5.41) is 18.6. The van der Waals surface area contributed by atoms with E-state index in [1.165, 1.54) is 21.5 Å². The van der Waals surface area contributed by atoms with Gasteiger partial charge in [0.1, 0.15) is 22.9 Å². The van der Waals surface area contributed by atoms with E-state index in [-0.39, 0.29) is 46.3 Å². The van der Waals surface area contributed by atoms with Gasteiger partial charge < -0.3 is 19.5 Å². The summed E-state index contributed by atoms with van der Waals surface area (Å²) in [6, 6.07) is 14.6. The molecule has 1 spiro atoms. The Bertz CT molecular complexity index is 3600. The van der Waals surface area contributed by atoms with Gasteiger partial charge in [0.15, 0.2) is 11.6 Å². The molecule has 1 saturated heterocycles. The van der Waals surface area contributed by atoms with Crippen LogP contribution in [0, 0.1) is 31.4 Å². The van der Waals surface area contributed by atoms with Crippen LogP contribution >= 0.6 is 0 Å². The minimum absolute atomic E-state index is 0.0172. The SMILES string of the molecule is CNC1CCC2(C1)CN(C(=O)c1cc3cc([C@H]4CCOC(C)(C)C4)ccc3n1[C@@]1(c3noc(=O)[nH]3)C[C@@H]1C)[C@@H](C)c1c2nn(-c2cc(C)c(F)c(C)c2)c1-n1ccn(-c2ccc3c(cnn3C)c2F)c1=O. The predicted molar refractivity (Wildman–Crippen MR) is 262 cm³/mol. The first kappa shape index (κ1) is 45.2. The molecule has 5 aromatic heterocycles. The minimum Gasteiger partial charge on any atom is -0.376 e. The number of ether oxygens (including phenoxy) is 1. The third kappa shape index (κ3) is 6.72. The number of fused-ring (bicyclic) bond motifs is 4. The van der Waals surface area contributed by atoms with Crippen molar-refractivity contribution in [2.24, 2.45) is 13.0 Å². The third-order valence-electron chi connectivity index (χ3n) is 16.5. The largest absolute Gasteiger partial charge is 0.438 e. The number of aromatic amines is 1. The van der Waals surface area contributed by atoms with E-state index in [2.05, 4.69) is 64.1 Å². The van der Waals surface area contributed by atoms with Gasteiger partial charge in [0, 0.05) is 60.5 Å². The Labute approximate surface area is 407 Å². The highest BCUT2D eigenvalue weighted by molar-refractivity contribution is 6.00. The van der Waals surface area contributed by atoms with E-state index in [9.17, 15) is 4.79 Å². The molecule has 2 N–H and O–H groups in total. The fraction of sp³-hybridized carbons (Fsp3) is 0.434. The molecule has 8 aromatic rings. The maximum Gasteiger partial charge on any atom is 0.438 e. The number of hydrogen-bond donors (Lipinski definition) is 2. The topological polar surface area (TPSA) is 168 Å². The van der Waals surface area contributed by atoms with Crippen LogP contribution in [0.1, 0.15) is 122 Å². The highest BCUT2D eigenvalue weighted by Gasteiger charge is 2.60. The Kier molecular flexibility index (Phi) is 10.1. The van der Waals surface area contributed by atoms with Crippen LogP contribution in [0.2, 0.25) is 0 Å². The molecule has 4 aliphatic rings. The lowest BCUT2D eigenvalue weighted by Gasteiger charge is -2.44. The lowest BCUT2D eigenvalue weighted by atomic mass is 9.75. The standard InChI is InChI=1S/C53H57F2N11O5/c1-28-19-36(20-29(2)43(28)54)66-46(63-17-16-62(50(63)69)40-12-11-39-37(44(40)55)26-57-61(39)8)42-31(4)64(27-52(45(42)59-66)15-13-35(25-52)56-7)47(67)41-22-34-21-32(33-14-18-70-51(5,6)24-33)9-10-38(34)65(41)53(23-30(53)3)48-58-49(68)71-60-48/h9-12,16-17,19-22,26,30-31,33,35,56H,13-15,18,23-25,27H2,1-8H3,(H,58,60,68)/t30-,31-,33-,35?,52?,53-/m0/s1. The molecule has 0 bridgehead atoms. The first-order valence-corrected chi connectivity index (χ1v) is 24.6. The molecule has 16 nitrogen and oxygen atoms in total. The van der Waals surface area contributed by atoms with Gasteiger partial charge in [-0.15, -0.1) is 0 Å². The van der Waals surface area contributed by atoms with Gasteiger partial charge in [-0.2, -0.15) is 10.2 Å². The molecule has 12 rings (SSSR count). The van der Waals surface area contributed by atoms with E-state index in [4.69, 9.17) is 14.4 Å². The molecular formula is C53H57F2N11O5. The van der Waals surface area contributed by atoms with E-state index in [0.29, 0.717) is 77.6 Å². The molecule has 2 unspecified atom stereocenters. The van der Waals surface area contributed by atoms with E-state index in [0.717, 1.165) is 41.4 Å². The molecule has 7 heterocycles. The maximum atomic E-state index is 16.4. The van der Waals surface area contributed by atoms with Crippen molar-refractivity contribution < 1.29 is 22.8 Å². The van der Waals surface area contributed by atoms with E-state index in [1.54, 1.807) is 60.7 Å². The van der Waals surface area contributed by atoms with E-state index >= 15 is 18.4 Å². The van der Waals surface area contributed by atoms with Gasteiger partial charge in [-0.1, -0.05) is 18.1 Å². The fourth-order valence-electron chi connectivity index (χ4n) is 12.7. The minimum atomic E-state index is -0.883. The van der Waals surface area contributed by atoms with Gasteiger partial charge in [0.25, 0.3) is 5.91 Å². The lowest BCUT2D eigenvalue weighted by molar-refractivity contribution is -0.0592. The summed E-state index contributed by atoms with van der Waals surface area (Å²) in [4.78, 5) is 48.7. The van der Waals surface area contributed by atoms with Crippen LogP contribution in [-0.2, 0) is 22.7 Å². The quantitative estimate of drug-likeness (QED) is 0.154. The Hall–Kier alpha value is -6.92. The average Bonchev–Trinajstić information content (AvgIpc) is 4.09. The lowest BCUT2D eigenvalue weighted by Crippen LogP contribution is -2.50. The number of H-pyrrole nitrogens is 1. The van der Waals surface area contributed by atoms with Gasteiger partial charge in [-0.25, -0.2) is 23.1 Å². The zero-order valence-electron chi connectivity index (χ0n) is 41.1. The molecule has 3 aromatic carbocycles. The first-order chi connectivity index (χ1) is 33.9. The van der Waals surface area contributed by atoms with E-state index in [1.807, 2.05) is 24.9 Å². The van der Waals surface area contributed by atoms with Crippen LogP contribution < -0.4 is 16.8 Å². The summed E-state index contributed by atoms with van der Waals surface area (Å²) in [7, 11) is 3.67. The normalized spacial score (nSPS) is 25.0. The number of carbonyl (C=O) groups excluding carboxylic acids is 1. The van der Waals surface area contributed by atoms with Crippen LogP contribution in [0.4, 0.5) is 8.78 Å². The summed E-state index contributed by atoms with van der Waals surface area (Å²) in [6.07, 6.45) is 9.04. The second-order valence-electron chi connectivity index (χ2n) is 21.4. The molecule has 18 heteroatoms. The van der Waals surface area contributed by atoms with Gasteiger partial charge in [0.05, 0.1) is 45.8 Å². The Balaban J connectivity index is 1.07. The van der Waals surface area contributed by atoms with E-state index < -0.39 is 34.3 Å². The molecule has 2 aliphatic heterocycles. The highest BCUT2D eigenvalue weighted by atomic mass is 19.1. The zero-order chi connectivity index (χ0) is 49.6. The number of aryl methyl sites for hydroxylation is 3. The van der Waals surface area contributed by atoms with Gasteiger partial charge >= 0.3 is 11.4 Å². The van der Waals surface area contributed by atoms with Gasteiger partial charge in [-0.05, 0) is 151 Å². The van der Waals surface area contributed by atoms with Gasteiger partial charge in [-0.3, -0.25) is 28.1 Å².